The van der Waals surface area contributed by atoms with Gasteiger partial charge in [-0.1, -0.05) is 84.0 Å². The number of imidazole rings is 1. The minimum Gasteiger partial charge on any atom is -0.291 e. The molecule has 2 heterocycles. The van der Waals surface area contributed by atoms with Crippen molar-refractivity contribution in [3.8, 4) is 11.3 Å². The summed E-state index contributed by atoms with van der Waals surface area (Å²) >= 11 is 0. The molecule has 2 heteroatoms. The van der Waals surface area contributed by atoms with Crippen molar-refractivity contribution in [2.75, 3.05) is 0 Å². The molecule has 0 bridgehead atoms. The highest BCUT2D eigenvalue weighted by Crippen LogP contribution is 2.39. The largest absolute Gasteiger partial charge is 0.291 e. The molecule has 5 rings (SSSR count). The summed E-state index contributed by atoms with van der Waals surface area (Å²) in [5.74, 6) is 0. The summed E-state index contributed by atoms with van der Waals surface area (Å²) in [5.41, 5.74) is 11.9. The van der Waals surface area contributed by atoms with Crippen molar-refractivity contribution in [2.24, 2.45) is 10.8 Å². The number of hydrogen-bond donors (Lipinski definition) is 0. The second-order valence-electron chi connectivity index (χ2n) is 13.1. The van der Waals surface area contributed by atoms with Crippen LogP contribution in [0.4, 0.5) is 0 Å². The molecule has 2 nitrogen and oxygen atoms in total. The van der Waals surface area contributed by atoms with E-state index in [2.05, 4.69) is 121 Å². The van der Waals surface area contributed by atoms with Gasteiger partial charge in [0.05, 0.1) is 16.9 Å². The third-order valence-corrected chi connectivity index (χ3v) is 7.23. The lowest BCUT2D eigenvalue weighted by atomic mass is 9.80. The minimum absolute atomic E-state index is 0.205. The van der Waals surface area contributed by atoms with E-state index in [0.717, 1.165) is 24.2 Å². The van der Waals surface area contributed by atoms with Gasteiger partial charge >= 0.3 is 0 Å². The number of fused-ring (bicyclic) bond motifs is 6. The van der Waals surface area contributed by atoms with Crippen LogP contribution >= 0.6 is 0 Å². The van der Waals surface area contributed by atoms with Crippen molar-refractivity contribution in [2.45, 2.75) is 75.2 Å². The van der Waals surface area contributed by atoms with E-state index in [0.29, 0.717) is 0 Å². The molecule has 0 saturated carbocycles. The molecular weight excluding hydrogens is 436 g/mol. The van der Waals surface area contributed by atoms with E-state index >= 15 is 0 Å². The number of hydrogen-bond acceptors (Lipinski definition) is 1. The molecule has 0 aliphatic carbocycles. The molecule has 0 fully saturated rings. The SMILES string of the molecule is Cc1cccc(C)c1-c1c(C)nc2c3ccccc3c3cc(CC(C)(C)C)c(CC(C)(C)C)cc3n12. The Labute approximate surface area is 216 Å². The molecule has 0 aliphatic heterocycles. The molecule has 0 spiro atoms. The molecule has 0 aliphatic rings. The van der Waals surface area contributed by atoms with Crippen LogP contribution in [0.1, 0.15) is 69.5 Å². The number of rotatable bonds is 3. The summed E-state index contributed by atoms with van der Waals surface area (Å²) in [4.78, 5) is 5.20. The fourth-order valence-corrected chi connectivity index (χ4v) is 5.89. The quantitative estimate of drug-likeness (QED) is 0.237. The van der Waals surface area contributed by atoms with Gasteiger partial charge in [-0.25, -0.2) is 4.98 Å². The van der Waals surface area contributed by atoms with Crippen LogP contribution < -0.4 is 0 Å². The predicted molar refractivity (Wildman–Crippen MR) is 156 cm³/mol. The van der Waals surface area contributed by atoms with Crippen molar-refractivity contribution < 1.29 is 0 Å². The van der Waals surface area contributed by atoms with Crippen LogP contribution in [0.2, 0.25) is 0 Å². The van der Waals surface area contributed by atoms with Gasteiger partial charge in [0.1, 0.15) is 5.65 Å². The monoisotopic (exact) mass is 476 g/mol. The fourth-order valence-electron chi connectivity index (χ4n) is 5.89. The molecular formula is C34H40N2. The lowest BCUT2D eigenvalue weighted by molar-refractivity contribution is 0.392. The summed E-state index contributed by atoms with van der Waals surface area (Å²) in [6.07, 6.45) is 2.11. The van der Waals surface area contributed by atoms with Crippen LogP contribution in [0.5, 0.6) is 0 Å². The maximum atomic E-state index is 5.20. The zero-order chi connectivity index (χ0) is 26.0. The van der Waals surface area contributed by atoms with Crippen molar-refractivity contribution in [3.63, 3.8) is 0 Å². The van der Waals surface area contributed by atoms with Crippen molar-refractivity contribution in [1.82, 2.24) is 9.38 Å². The number of aromatic nitrogens is 2. The first-order valence-corrected chi connectivity index (χ1v) is 13.3. The zero-order valence-corrected chi connectivity index (χ0v) is 23.5. The molecule has 36 heavy (non-hydrogen) atoms. The molecule has 0 atom stereocenters. The van der Waals surface area contributed by atoms with Crippen LogP contribution in [-0.4, -0.2) is 9.38 Å². The third kappa shape index (κ3) is 4.32. The van der Waals surface area contributed by atoms with E-state index in [1.807, 2.05) is 0 Å². The maximum absolute atomic E-state index is 5.20. The van der Waals surface area contributed by atoms with Gasteiger partial charge in [0.2, 0.25) is 0 Å². The van der Waals surface area contributed by atoms with Gasteiger partial charge in [-0.2, -0.15) is 0 Å². The van der Waals surface area contributed by atoms with E-state index in [9.17, 15) is 0 Å². The molecule has 0 unspecified atom stereocenters. The summed E-state index contributed by atoms with van der Waals surface area (Å²) in [7, 11) is 0. The second kappa shape index (κ2) is 8.47. The second-order valence-corrected chi connectivity index (χ2v) is 13.1. The number of aryl methyl sites for hydroxylation is 3. The van der Waals surface area contributed by atoms with E-state index in [1.165, 1.54) is 55.2 Å². The summed E-state index contributed by atoms with van der Waals surface area (Å²) in [5, 5.41) is 3.83. The number of pyridine rings is 1. The van der Waals surface area contributed by atoms with Crippen LogP contribution in [0.3, 0.4) is 0 Å². The van der Waals surface area contributed by atoms with Crippen LogP contribution in [-0.2, 0) is 12.8 Å². The highest BCUT2D eigenvalue weighted by molar-refractivity contribution is 6.13. The highest BCUT2D eigenvalue weighted by Gasteiger charge is 2.23. The Balaban J connectivity index is 1.99. The Morgan fingerprint density at radius 1 is 0.667 bits per heavy atom. The molecule has 2 aromatic heterocycles. The molecule has 5 aromatic rings. The minimum atomic E-state index is 0.205. The Morgan fingerprint density at radius 2 is 1.22 bits per heavy atom. The van der Waals surface area contributed by atoms with E-state index < -0.39 is 0 Å². The first-order chi connectivity index (χ1) is 16.8. The number of benzene rings is 3. The lowest BCUT2D eigenvalue weighted by Gasteiger charge is -2.26. The zero-order valence-electron chi connectivity index (χ0n) is 23.5. The predicted octanol–water partition coefficient (Wildman–Crippen LogP) is 9.41. The van der Waals surface area contributed by atoms with Gasteiger partial charge in [0, 0.05) is 16.3 Å². The van der Waals surface area contributed by atoms with E-state index in [1.54, 1.807) is 0 Å². The maximum Gasteiger partial charge on any atom is 0.145 e. The van der Waals surface area contributed by atoms with Crippen LogP contribution in [0.25, 0.3) is 38.6 Å². The topological polar surface area (TPSA) is 17.3 Å². The standard InChI is InChI=1S/C34H40N2/c1-21-13-12-14-22(2)30(21)31-23(3)35-32-27-16-11-10-15-26(27)28-17-24(19-33(4,5)6)25(20-34(7,8)9)18-29(28)36(31)32/h10-18H,19-20H2,1-9H3. The van der Waals surface area contributed by atoms with Crippen molar-refractivity contribution in [1.29, 1.82) is 0 Å². The van der Waals surface area contributed by atoms with Gasteiger partial charge in [-0.05, 0) is 84.2 Å². The first kappa shape index (κ1) is 24.6. The summed E-state index contributed by atoms with van der Waals surface area (Å²) in [6.45, 7) is 20.7. The van der Waals surface area contributed by atoms with E-state index in [4.69, 9.17) is 4.98 Å². The van der Waals surface area contributed by atoms with Gasteiger partial charge in [0.15, 0.2) is 0 Å². The molecule has 0 amide bonds. The Kier molecular flexibility index (Phi) is 5.78. The number of nitrogens with zero attached hydrogens (tertiary/aromatic N) is 2. The van der Waals surface area contributed by atoms with Gasteiger partial charge in [-0.3, -0.25) is 4.40 Å². The highest BCUT2D eigenvalue weighted by atomic mass is 15.0. The lowest BCUT2D eigenvalue weighted by Crippen LogP contribution is -2.15. The molecule has 0 N–H and O–H groups in total. The molecule has 0 radical (unpaired) electrons. The average Bonchev–Trinajstić information content (AvgIpc) is 3.10. The van der Waals surface area contributed by atoms with Gasteiger partial charge in [0.25, 0.3) is 0 Å². The average molecular weight is 477 g/mol. The van der Waals surface area contributed by atoms with Crippen LogP contribution in [0.15, 0.2) is 54.6 Å². The summed E-state index contributed by atoms with van der Waals surface area (Å²) < 4.78 is 2.45. The Bertz CT molecular complexity index is 1600. The Hall–Kier alpha value is -3.13. The van der Waals surface area contributed by atoms with Crippen molar-refractivity contribution in [3.05, 3.63) is 82.5 Å². The molecule has 0 saturated heterocycles. The Morgan fingerprint density at radius 3 is 1.81 bits per heavy atom. The fraction of sp³-hybridized carbons (Fsp3) is 0.382. The van der Waals surface area contributed by atoms with Gasteiger partial charge in [-0.15, -0.1) is 0 Å². The van der Waals surface area contributed by atoms with Gasteiger partial charge < -0.3 is 0 Å². The van der Waals surface area contributed by atoms with Crippen molar-refractivity contribution >= 4 is 27.3 Å². The smallest absolute Gasteiger partial charge is 0.145 e. The van der Waals surface area contributed by atoms with Crippen LogP contribution in [0, 0.1) is 31.6 Å². The third-order valence-electron chi connectivity index (χ3n) is 7.23. The normalized spacial score (nSPS) is 12.8. The first-order valence-electron chi connectivity index (χ1n) is 13.3. The molecule has 186 valence electrons. The molecule has 3 aromatic carbocycles. The summed E-state index contributed by atoms with van der Waals surface area (Å²) in [6, 6.07) is 20.4. The van der Waals surface area contributed by atoms with E-state index in [-0.39, 0.29) is 10.8 Å².